The van der Waals surface area contributed by atoms with Crippen molar-refractivity contribution in [3.63, 3.8) is 0 Å². The number of anilines is 1. The maximum atomic E-state index is 4.50. The van der Waals surface area contributed by atoms with Crippen LogP contribution < -0.4 is 5.32 Å². The molecule has 0 bridgehead atoms. The highest BCUT2D eigenvalue weighted by molar-refractivity contribution is 8.00. The minimum Gasteiger partial charge on any atom is -0.367 e. The lowest BCUT2D eigenvalue weighted by Gasteiger charge is -2.40. The lowest BCUT2D eigenvalue weighted by molar-refractivity contribution is 0.379. The van der Waals surface area contributed by atoms with Crippen molar-refractivity contribution in [3.05, 3.63) is 18.0 Å². The van der Waals surface area contributed by atoms with Gasteiger partial charge in [0.2, 0.25) is 0 Å². The molecule has 1 aliphatic rings. The molecule has 96 valence electrons. The van der Waals surface area contributed by atoms with Gasteiger partial charge < -0.3 is 5.32 Å². The first-order valence-electron chi connectivity index (χ1n) is 6.21. The highest BCUT2D eigenvalue weighted by Gasteiger charge is 2.35. The first-order valence-corrected chi connectivity index (χ1v) is 7.43. The van der Waals surface area contributed by atoms with Crippen molar-refractivity contribution in [1.29, 1.82) is 0 Å². The predicted octanol–water partition coefficient (Wildman–Crippen LogP) is 2.13. The van der Waals surface area contributed by atoms with Gasteiger partial charge in [-0.15, -0.1) is 15.3 Å². The first kappa shape index (κ1) is 11.8. The van der Waals surface area contributed by atoms with E-state index in [0.717, 1.165) is 23.8 Å². The van der Waals surface area contributed by atoms with E-state index in [4.69, 9.17) is 0 Å². The predicted molar refractivity (Wildman–Crippen MR) is 74.1 cm³/mol. The van der Waals surface area contributed by atoms with Gasteiger partial charge in [-0.25, -0.2) is 0 Å². The maximum absolute atomic E-state index is 4.50. The number of hydrogen-bond acceptors (Lipinski definition) is 5. The van der Waals surface area contributed by atoms with E-state index in [2.05, 4.69) is 26.9 Å². The van der Waals surface area contributed by atoms with Crippen LogP contribution in [0, 0.1) is 6.92 Å². The fraction of sp³-hybridized carbons (Fsp3) is 0.583. The van der Waals surface area contributed by atoms with Crippen LogP contribution in [-0.2, 0) is 0 Å². The van der Waals surface area contributed by atoms with Crippen LogP contribution >= 0.6 is 11.8 Å². The fourth-order valence-electron chi connectivity index (χ4n) is 2.27. The molecular formula is C12H17N5S. The van der Waals surface area contributed by atoms with Gasteiger partial charge in [0.05, 0.1) is 0 Å². The van der Waals surface area contributed by atoms with E-state index >= 15 is 0 Å². The second-order valence-electron chi connectivity index (χ2n) is 4.83. The summed E-state index contributed by atoms with van der Waals surface area (Å²) in [4.78, 5) is 0. The Bertz CT molecular complexity index is 555. The Labute approximate surface area is 110 Å². The Hall–Kier alpha value is -1.30. The summed E-state index contributed by atoms with van der Waals surface area (Å²) in [5, 5.41) is 16.0. The molecule has 0 saturated heterocycles. The number of rotatable bonds is 4. The fourth-order valence-corrected chi connectivity index (χ4v) is 3.18. The molecule has 1 fully saturated rings. The highest BCUT2D eigenvalue weighted by atomic mass is 32.2. The molecule has 0 aliphatic heterocycles. The molecule has 2 aromatic rings. The molecular weight excluding hydrogens is 246 g/mol. The molecule has 0 aromatic carbocycles. The van der Waals surface area contributed by atoms with Crippen molar-refractivity contribution in [2.75, 3.05) is 18.1 Å². The van der Waals surface area contributed by atoms with Gasteiger partial charge in [0.1, 0.15) is 5.82 Å². The minimum atomic E-state index is 0.416. The zero-order chi connectivity index (χ0) is 12.6. The zero-order valence-electron chi connectivity index (χ0n) is 10.7. The van der Waals surface area contributed by atoms with Crippen molar-refractivity contribution < 1.29 is 0 Å². The van der Waals surface area contributed by atoms with Crippen molar-refractivity contribution in [2.24, 2.45) is 0 Å². The molecule has 2 aromatic heterocycles. The molecule has 1 aliphatic carbocycles. The van der Waals surface area contributed by atoms with Gasteiger partial charge >= 0.3 is 0 Å². The van der Waals surface area contributed by atoms with Crippen molar-refractivity contribution in [3.8, 4) is 0 Å². The van der Waals surface area contributed by atoms with Crippen LogP contribution in [0.3, 0.4) is 0 Å². The number of nitrogens with one attached hydrogen (secondary N) is 1. The minimum absolute atomic E-state index is 0.416. The third-order valence-corrected chi connectivity index (χ3v) is 5.13. The number of aromatic nitrogens is 4. The SMILES string of the molecule is CSC1(CNc2ccc3nnc(C)n3n2)CCC1. The van der Waals surface area contributed by atoms with Crippen LogP contribution in [0.15, 0.2) is 12.1 Å². The Balaban J connectivity index is 1.76. The highest BCUT2D eigenvalue weighted by Crippen LogP contribution is 2.42. The number of nitrogens with zero attached hydrogens (tertiary/aromatic N) is 4. The van der Waals surface area contributed by atoms with Crippen LogP contribution in [0.1, 0.15) is 25.1 Å². The van der Waals surface area contributed by atoms with Crippen molar-refractivity contribution >= 4 is 23.2 Å². The van der Waals surface area contributed by atoms with Crippen LogP contribution in [0.25, 0.3) is 5.65 Å². The molecule has 6 heteroatoms. The molecule has 2 heterocycles. The van der Waals surface area contributed by atoms with Crippen molar-refractivity contribution in [1.82, 2.24) is 19.8 Å². The molecule has 0 atom stereocenters. The number of thioether (sulfide) groups is 1. The van der Waals surface area contributed by atoms with E-state index in [9.17, 15) is 0 Å². The van der Waals surface area contributed by atoms with E-state index in [1.54, 1.807) is 4.52 Å². The van der Waals surface area contributed by atoms with Gasteiger partial charge in [-0.1, -0.05) is 6.42 Å². The molecule has 5 nitrogen and oxygen atoms in total. The second-order valence-corrected chi connectivity index (χ2v) is 6.10. The molecule has 1 saturated carbocycles. The molecule has 1 N–H and O–H groups in total. The van der Waals surface area contributed by atoms with E-state index in [1.807, 2.05) is 30.8 Å². The summed E-state index contributed by atoms with van der Waals surface area (Å²) < 4.78 is 2.19. The Kier molecular flexibility index (Phi) is 2.89. The summed E-state index contributed by atoms with van der Waals surface area (Å²) in [5.41, 5.74) is 0.793. The number of fused-ring (bicyclic) bond motifs is 1. The maximum Gasteiger partial charge on any atom is 0.178 e. The van der Waals surface area contributed by atoms with Gasteiger partial charge in [0.25, 0.3) is 0 Å². The molecule has 0 spiro atoms. The topological polar surface area (TPSA) is 55.1 Å². The third kappa shape index (κ3) is 1.94. The van der Waals surface area contributed by atoms with E-state index < -0.39 is 0 Å². The standard InChI is InChI=1S/C12H17N5S/c1-9-14-15-11-5-4-10(16-17(9)11)13-8-12(18-2)6-3-7-12/h4-5H,3,6-8H2,1-2H3,(H,13,16). The average molecular weight is 263 g/mol. The van der Waals surface area contributed by atoms with Gasteiger partial charge in [0, 0.05) is 11.3 Å². The van der Waals surface area contributed by atoms with Crippen LogP contribution in [0.2, 0.25) is 0 Å². The third-order valence-electron chi connectivity index (χ3n) is 3.71. The first-order chi connectivity index (χ1) is 8.72. The Morgan fingerprint density at radius 1 is 1.39 bits per heavy atom. The molecule has 18 heavy (non-hydrogen) atoms. The largest absolute Gasteiger partial charge is 0.367 e. The van der Waals surface area contributed by atoms with E-state index in [0.29, 0.717) is 4.75 Å². The summed E-state index contributed by atoms with van der Waals surface area (Å²) in [5.74, 6) is 1.71. The summed E-state index contributed by atoms with van der Waals surface area (Å²) in [6.45, 7) is 2.89. The van der Waals surface area contributed by atoms with E-state index in [-0.39, 0.29) is 0 Å². The van der Waals surface area contributed by atoms with Crippen LogP contribution in [-0.4, -0.2) is 37.4 Å². The van der Waals surface area contributed by atoms with Crippen molar-refractivity contribution in [2.45, 2.75) is 30.9 Å². The summed E-state index contributed by atoms with van der Waals surface area (Å²) in [7, 11) is 0. The van der Waals surface area contributed by atoms with Crippen LogP contribution in [0.4, 0.5) is 5.82 Å². The lowest BCUT2D eigenvalue weighted by atomic mass is 9.84. The lowest BCUT2D eigenvalue weighted by Crippen LogP contribution is -2.40. The summed E-state index contributed by atoms with van der Waals surface area (Å²) in [6.07, 6.45) is 6.14. The average Bonchev–Trinajstić information content (AvgIpc) is 2.70. The van der Waals surface area contributed by atoms with Gasteiger partial charge in [-0.05, 0) is 38.2 Å². The monoisotopic (exact) mass is 263 g/mol. The second kappa shape index (κ2) is 4.42. The number of hydrogen-bond donors (Lipinski definition) is 1. The van der Waals surface area contributed by atoms with E-state index in [1.165, 1.54) is 19.3 Å². The molecule has 0 unspecified atom stereocenters. The van der Waals surface area contributed by atoms with Gasteiger partial charge in [-0.2, -0.15) is 16.3 Å². The normalized spacial score (nSPS) is 17.7. The van der Waals surface area contributed by atoms with Gasteiger partial charge in [-0.3, -0.25) is 0 Å². The van der Waals surface area contributed by atoms with Gasteiger partial charge in [0.15, 0.2) is 11.5 Å². The molecule has 3 rings (SSSR count). The Morgan fingerprint density at radius 3 is 2.89 bits per heavy atom. The Morgan fingerprint density at radius 2 is 2.22 bits per heavy atom. The zero-order valence-corrected chi connectivity index (χ0v) is 11.5. The van der Waals surface area contributed by atoms with Crippen LogP contribution in [0.5, 0.6) is 0 Å². The number of aryl methyl sites for hydroxylation is 1. The molecule has 0 amide bonds. The molecule has 0 radical (unpaired) electrons. The summed E-state index contributed by atoms with van der Waals surface area (Å²) in [6, 6.07) is 3.91. The summed E-state index contributed by atoms with van der Waals surface area (Å²) >= 11 is 1.96. The smallest absolute Gasteiger partial charge is 0.178 e. The quantitative estimate of drug-likeness (QED) is 0.915.